The molecule has 1 saturated carbocycles. The van der Waals surface area contributed by atoms with Gasteiger partial charge >= 0.3 is 0 Å². The number of hydrogen-bond donors (Lipinski definition) is 2. The topological polar surface area (TPSA) is 49.3 Å². The lowest BCUT2D eigenvalue weighted by atomic mass is 10.2. The summed E-state index contributed by atoms with van der Waals surface area (Å²) in [6.45, 7) is 0.325. The molecule has 3 nitrogen and oxygen atoms in total. The van der Waals surface area contributed by atoms with Crippen molar-refractivity contribution in [3.05, 3.63) is 32.7 Å². The molecule has 1 fully saturated rings. The average Bonchev–Trinajstić information content (AvgIpc) is 3.09. The highest BCUT2D eigenvalue weighted by atomic mass is 79.9. The molecule has 0 aliphatic heterocycles. The van der Waals surface area contributed by atoms with Crippen LogP contribution in [0.1, 0.15) is 23.2 Å². The van der Waals surface area contributed by atoms with E-state index in [9.17, 15) is 9.90 Å². The smallest absolute Gasteiger partial charge is 0.252 e. The fourth-order valence-corrected chi connectivity index (χ4v) is 2.84. The lowest BCUT2D eigenvalue weighted by molar-refractivity contribution is 0.0900. The SMILES string of the molecule is O=C(NCC(O)C1CC1)c1ccc(Br)cc1Br. The lowest BCUT2D eigenvalue weighted by Gasteiger charge is -2.11. The van der Waals surface area contributed by atoms with Crippen molar-refractivity contribution in [1.29, 1.82) is 0 Å². The van der Waals surface area contributed by atoms with Crippen LogP contribution in [0.25, 0.3) is 0 Å². The summed E-state index contributed by atoms with van der Waals surface area (Å²) in [6, 6.07) is 5.39. The standard InChI is InChI=1S/C12H13Br2NO2/c13-8-3-4-9(10(14)5-8)12(17)15-6-11(16)7-1-2-7/h3-5,7,11,16H,1-2,6H2,(H,15,17). The van der Waals surface area contributed by atoms with Gasteiger partial charge in [0.05, 0.1) is 11.7 Å². The summed E-state index contributed by atoms with van der Waals surface area (Å²) >= 11 is 6.68. The summed E-state index contributed by atoms with van der Waals surface area (Å²) in [5.41, 5.74) is 0.580. The maximum atomic E-state index is 11.9. The Morgan fingerprint density at radius 2 is 2.18 bits per heavy atom. The lowest BCUT2D eigenvalue weighted by Crippen LogP contribution is -2.33. The average molecular weight is 363 g/mol. The second-order valence-corrected chi connectivity index (χ2v) is 6.01. The second-order valence-electron chi connectivity index (χ2n) is 4.24. The van der Waals surface area contributed by atoms with Crippen molar-refractivity contribution in [2.75, 3.05) is 6.54 Å². The minimum absolute atomic E-state index is 0.163. The Morgan fingerprint density at radius 3 is 2.76 bits per heavy atom. The zero-order valence-corrected chi connectivity index (χ0v) is 12.3. The minimum atomic E-state index is -0.409. The molecule has 1 atom stereocenters. The van der Waals surface area contributed by atoms with Crippen molar-refractivity contribution in [1.82, 2.24) is 5.32 Å². The van der Waals surface area contributed by atoms with E-state index in [4.69, 9.17) is 0 Å². The fourth-order valence-electron chi connectivity index (χ4n) is 1.61. The third kappa shape index (κ3) is 3.53. The number of amides is 1. The number of nitrogens with one attached hydrogen (secondary N) is 1. The summed E-state index contributed by atoms with van der Waals surface area (Å²) in [5, 5.41) is 12.4. The number of carbonyl (C=O) groups is 1. The van der Waals surface area contributed by atoms with Gasteiger partial charge in [-0.05, 0) is 52.9 Å². The van der Waals surface area contributed by atoms with E-state index in [1.165, 1.54) is 0 Å². The molecular formula is C12H13Br2NO2. The van der Waals surface area contributed by atoms with Crippen LogP contribution in [-0.2, 0) is 0 Å². The minimum Gasteiger partial charge on any atom is -0.391 e. The van der Waals surface area contributed by atoms with Crippen LogP contribution in [0.5, 0.6) is 0 Å². The Morgan fingerprint density at radius 1 is 1.47 bits per heavy atom. The summed E-state index contributed by atoms with van der Waals surface area (Å²) in [7, 11) is 0. The van der Waals surface area contributed by atoms with Gasteiger partial charge in [-0.15, -0.1) is 0 Å². The number of aliphatic hydroxyl groups is 1. The van der Waals surface area contributed by atoms with E-state index in [0.717, 1.165) is 21.8 Å². The molecule has 92 valence electrons. The predicted octanol–water partition coefficient (Wildman–Crippen LogP) is 2.71. The molecule has 17 heavy (non-hydrogen) atoms. The molecule has 1 amide bonds. The molecule has 0 aromatic heterocycles. The normalized spacial score (nSPS) is 16.6. The van der Waals surface area contributed by atoms with Gasteiger partial charge in [0.25, 0.3) is 5.91 Å². The van der Waals surface area contributed by atoms with Crippen LogP contribution in [0, 0.1) is 5.92 Å². The van der Waals surface area contributed by atoms with E-state index in [-0.39, 0.29) is 5.91 Å². The third-order valence-corrected chi connectivity index (χ3v) is 3.96. The molecule has 0 saturated heterocycles. The van der Waals surface area contributed by atoms with E-state index in [1.54, 1.807) is 6.07 Å². The first-order valence-corrected chi connectivity index (χ1v) is 7.08. The maximum Gasteiger partial charge on any atom is 0.252 e. The molecule has 1 unspecified atom stereocenters. The Bertz CT molecular complexity index is 433. The Hall–Kier alpha value is -0.390. The summed E-state index contributed by atoms with van der Waals surface area (Å²) in [4.78, 5) is 11.9. The molecule has 0 heterocycles. The van der Waals surface area contributed by atoms with Gasteiger partial charge in [0.1, 0.15) is 0 Å². The van der Waals surface area contributed by atoms with Crippen molar-refractivity contribution in [3.63, 3.8) is 0 Å². The van der Waals surface area contributed by atoms with Crippen LogP contribution >= 0.6 is 31.9 Å². The number of aliphatic hydroxyl groups excluding tert-OH is 1. The van der Waals surface area contributed by atoms with Crippen LogP contribution in [0.2, 0.25) is 0 Å². The van der Waals surface area contributed by atoms with Gasteiger partial charge in [-0.3, -0.25) is 4.79 Å². The summed E-state index contributed by atoms with van der Waals surface area (Å²) in [5.74, 6) is 0.215. The van der Waals surface area contributed by atoms with E-state index >= 15 is 0 Å². The predicted molar refractivity (Wildman–Crippen MR) is 72.9 cm³/mol. The zero-order chi connectivity index (χ0) is 12.4. The van der Waals surface area contributed by atoms with Crippen LogP contribution in [0.4, 0.5) is 0 Å². The highest BCUT2D eigenvalue weighted by Gasteiger charge is 2.29. The van der Waals surface area contributed by atoms with Crippen molar-refractivity contribution in [3.8, 4) is 0 Å². The molecule has 5 heteroatoms. The molecule has 1 aromatic rings. The number of benzene rings is 1. The Kier molecular flexibility index (Phi) is 4.22. The Balaban J connectivity index is 1.94. The molecule has 1 aromatic carbocycles. The van der Waals surface area contributed by atoms with Gasteiger partial charge in [-0.25, -0.2) is 0 Å². The quantitative estimate of drug-likeness (QED) is 0.865. The number of rotatable bonds is 4. The molecule has 2 rings (SSSR count). The first kappa shape index (κ1) is 13.1. The monoisotopic (exact) mass is 361 g/mol. The van der Waals surface area contributed by atoms with Gasteiger partial charge in [-0.2, -0.15) is 0 Å². The van der Waals surface area contributed by atoms with Gasteiger partial charge in [-0.1, -0.05) is 15.9 Å². The van der Waals surface area contributed by atoms with Crippen LogP contribution < -0.4 is 5.32 Å². The number of hydrogen-bond acceptors (Lipinski definition) is 2. The van der Waals surface area contributed by atoms with Gasteiger partial charge < -0.3 is 10.4 Å². The maximum absolute atomic E-state index is 11.9. The number of halogens is 2. The molecule has 1 aliphatic carbocycles. The van der Waals surface area contributed by atoms with Crippen molar-refractivity contribution >= 4 is 37.8 Å². The van der Waals surface area contributed by atoms with Gasteiger partial charge in [0, 0.05) is 15.5 Å². The van der Waals surface area contributed by atoms with Crippen LogP contribution in [0.3, 0.4) is 0 Å². The molecule has 2 N–H and O–H groups in total. The fraction of sp³-hybridized carbons (Fsp3) is 0.417. The summed E-state index contributed by atoms with van der Waals surface area (Å²) in [6.07, 6.45) is 1.73. The van der Waals surface area contributed by atoms with E-state index in [2.05, 4.69) is 37.2 Å². The summed E-state index contributed by atoms with van der Waals surface area (Å²) < 4.78 is 1.66. The van der Waals surface area contributed by atoms with E-state index < -0.39 is 6.10 Å². The molecule has 0 bridgehead atoms. The first-order chi connectivity index (χ1) is 8.08. The zero-order valence-electron chi connectivity index (χ0n) is 9.12. The molecule has 1 aliphatic rings. The van der Waals surface area contributed by atoms with E-state index in [0.29, 0.717) is 18.0 Å². The van der Waals surface area contributed by atoms with Gasteiger partial charge in [0.15, 0.2) is 0 Å². The number of carbonyl (C=O) groups excluding carboxylic acids is 1. The van der Waals surface area contributed by atoms with Gasteiger partial charge in [0.2, 0.25) is 0 Å². The third-order valence-electron chi connectivity index (χ3n) is 2.81. The van der Waals surface area contributed by atoms with Crippen molar-refractivity contribution in [2.24, 2.45) is 5.92 Å². The van der Waals surface area contributed by atoms with Crippen LogP contribution in [-0.4, -0.2) is 23.7 Å². The van der Waals surface area contributed by atoms with Crippen molar-refractivity contribution in [2.45, 2.75) is 18.9 Å². The van der Waals surface area contributed by atoms with E-state index in [1.807, 2.05) is 12.1 Å². The van der Waals surface area contributed by atoms with Crippen LogP contribution in [0.15, 0.2) is 27.1 Å². The highest BCUT2D eigenvalue weighted by Crippen LogP contribution is 2.32. The molecular weight excluding hydrogens is 350 g/mol. The first-order valence-electron chi connectivity index (χ1n) is 5.49. The van der Waals surface area contributed by atoms with Crippen molar-refractivity contribution < 1.29 is 9.90 Å². The largest absolute Gasteiger partial charge is 0.391 e. The Labute approximate surface area is 117 Å². The molecule has 0 radical (unpaired) electrons. The highest BCUT2D eigenvalue weighted by molar-refractivity contribution is 9.11. The molecule has 0 spiro atoms. The second kappa shape index (κ2) is 5.50.